The molecule has 1 aliphatic heterocycles. The summed E-state index contributed by atoms with van der Waals surface area (Å²) in [5, 5.41) is 15.3. The van der Waals surface area contributed by atoms with E-state index in [1.54, 1.807) is 24.0 Å². The molecule has 1 N–H and O–H groups in total. The first kappa shape index (κ1) is 17.2. The largest absolute Gasteiger partial charge is 0.390 e. The molecule has 1 fully saturated rings. The number of likely N-dealkylation sites (N-methyl/N-ethyl adjacent to an activating group) is 1. The first-order valence-electron chi connectivity index (χ1n) is 9.17. The van der Waals surface area contributed by atoms with Crippen molar-refractivity contribution < 1.29 is 9.90 Å². The molecule has 26 heavy (non-hydrogen) atoms. The minimum atomic E-state index is -0.455. The minimum absolute atomic E-state index is 0.00512. The Bertz CT molecular complexity index is 821. The number of likely N-dealkylation sites (tertiary alicyclic amines) is 1. The number of aryl methyl sites for hydroxylation is 1. The first-order chi connectivity index (χ1) is 12.5. The highest BCUT2D eigenvalue weighted by Crippen LogP contribution is 2.52. The number of amides is 1. The Labute approximate surface area is 154 Å². The van der Waals surface area contributed by atoms with Crippen molar-refractivity contribution in [3.63, 3.8) is 0 Å². The molecule has 2 heterocycles. The van der Waals surface area contributed by atoms with Crippen molar-refractivity contribution in [2.24, 2.45) is 7.05 Å². The van der Waals surface area contributed by atoms with E-state index in [1.807, 2.05) is 25.1 Å². The highest BCUT2D eigenvalue weighted by Gasteiger charge is 2.53. The quantitative estimate of drug-likeness (QED) is 0.889. The number of hydrogen-bond acceptors (Lipinski definition) is 4. The van der Waals surface area contributed by atoms with Crippen LogP contribution in [0.2, 0.25) is 0 Å². The summed E-state index contributed by atoms with van der Waals surface area (Å²) in [5.41, 5.74) is 2.81. The summed E-state index contributed by atoms with van der Waals surface area (Å²) in [5.74, 6) is 0.0183. The zero-order valence-corrected chi connectivity index (χ0v) is 15.6. The maximum atomic E-state index is 12.8. The molecule has 0 saturated carbocycles. The van der Waals surface area contributed by atoms with Crippen LogP contribution in [0, 0.1) is 0 Å². The van der Waals surface area contributed by atoms with E-state index in [2.05, 4.69) is 28.2 Å². The van der Waals surface area contributed by atoms with Crippen LogP contribution in [0.4, 0.5) is 0 Å². The van der Waals surface area contributed by atoms with Crippen molar-refractivity contribution in [2.75, 3.05) is 27.2 Å². The summed E-state index contributed by atoms with van der Waals surface area (Å²) < 4.78 is 1.62. The number of carbonyl (C=O) groups is 1. The van der Waals surface area contributed by atoms with Gasteiger partial charge in [0.15, 0.2) is 0 Å². The molecule has 2 aromatic rings. The van der Waals surface area contributed by atoms with Gasteiger partial charge in [-0.1, -0.05) is 24.3 Å². The van der Waals surface area contributed by atoms with Crippen molar-refractivity contribution in [1.29, 1.82) is 0 Å². The van der Waals surface area contributed by atoms with Gasteiger partial charge in [-0.25, -0.2) is 0 Å². The average Bonchev–Trinajstić information content (AvgIpc) is 3.16. The Hall–Kier alpha value is -2.18. The lowest BCUT2D eigenvalue weighted by atomic mass is 9.72. The van der Waals surface area contributed by atoms with E-state index in [4.69, 9.17) is 0 Å². The molecular weight excluding hydrogens is 328 g/mol. The number of aliphatic hydroxyl groups is 1. The zero-order chi connectivity index (χ0) is 18.5. The second-order valence-corrected chi connectivity index (χ2v) is 7.73. The Balaban J connectivity index is 1.60. The van der Waals surface area contributed by atoms with E-state index in [0.29, 0.717) is 18.8 Å². The van der Waals surface area contributed by atoms with Crippen molar-refractivity contribution in [3.8, 4) is 0 Å². The van der Waals surface area contributed by atoms with Gasteiger partial charge in [0.25, 0.3) is 5.91 Å². The normalized spacial score (nSPS) is 24.3. The van der Waals surface area contributed by atoms with Crippen LogP contribution >= 0.6 is 0 Å². The molecule has 138 valence electrons. The van der Waals surface area contributed by atoms with Crippen LogP contribution in [0.1, 0.15) is 40.5 Å². The van der Waals surface area contributed by atoms with Gasteiger partial charge in [0.1, 0.15) is 5.69 Å². The number of benzene rings is 1. The van der Waals surface area contributed by atoms with Crippen molar-refractivity contribution >= 4 is 5.91 Å². The van der Waals surface area contributed by atoms with E-state index in [-0.39, 0.29) is 17.4 Å². The number of fused-ring (bicyclic) bond motifs is 2. The zero-order valence-electron chi connectivity index (χ0n) is 15.6. The third kappa shape index (κ3) is 2.40. The van der Waals surface area contributed by atoms with Crippen LogP contribution in [0.5, 0.6) is 0 Å². The summed E-state index contributed by atoms with van der Waals surface area (Å²) in [6.45, 7) is 1.30. The molecule has 1 aromatic heterocycles. The van der Waals surface area contributed by atoms with Crippen molar-refractivity contribution in [3.05, 3.63) is 53.3 Å². The Kier molecular flexibility index (Phi) is 4.12. The second-order valence-electron chi connectivity index (χ2n) is 7.73. The van der Waals surface area contributed by atoms with Gasteiger partial charge in [-0.05, 0) is 44.1 Å². The van der Waals surface area contributed by atoms with Gasteiger partial charge < -0.3 is 14.9 Å². The maximum absolute atomic E-state index is 12.8. The van der Waals surface area contributed by atoms with Gasteiger partial charge in [0.2, 0.25) is 0 Å². The van der Waals surface area contributed by atoms with E-state index in [9.17, 15) is 9.90 Å². The van der Waals surface area contributed by atoms with E-state index < -0.39 is 6.10 Å². The van der Waals surface area contributed by atoms with E-state index in [1.165, 1.54) is 11.1 Å². The van der Waals surface area contributed by atoms with E-state index in [0.717, 1.165) is 12.8 Å². The third-order valence-electron chi connectivity index (χ3n) is 6.22. The highest BCUT2D eigenvalue weighted by atomic mass is 16.3. The number of nitrogens with zero attached hydrogens (tertiary/aromatic N) is 4. The molecule has 0 bridgehead atoms. The molecule has 4 rings (SSSR count). The molecule has 0 unspecified atom stereocenters. The first-order valence-corrected chi connectivity index (χ1v) is 9.17. The van der Waals surface area contributed by atoms with Crippen molar-refractivity contribution in [2.45, 2.75) is 30.4 Å². The van der Waals surface area contributed by atoms with E-state index >= 15 is 0 Å². The molecule has 1 aliphatic carbocycles. The highest BCUT2D eigenvalue weighted by molar-refractivity contribution is 5.92. The summed E-state index contributed by atoms with van der Waals surface area (Å²) in [7, 11) is 5.83. The topological polar surface area (TPSA) is 61.6 Å². The second kappa shape index (κ2) is 6.21. The molecule has 1 spiro atoms. The summed E-state index contributed by atoms with van der Waals surface area (Å²) in [4.78, 5) is 16.8. The molecule has 1 aromatic carbocycles. The third-order valence-corrected chi connectivity index (χ3v) is 6.22. The van der Waals surface area contributed by atoms with Crippen LogP contribution in [0.25, 0.3) is 0 Å². The van der Waals surface area contributed by atoms with Crippen LogP contribution in [0.15, 0.2) is 36.5 Å². The lowest BCUT2D eigenvalue weighted by Crippen LogP contribution is -2.50. The summed E-state index contributed by atoms with van der Waals surface area (Å²) in [6.07, 6.45) is 2.75. The SMILES string of the molecule is CN(C)[C@H]1c2ccccc2C2(CCN(C(=O)c3ccnn3C)CC2)[C@@H]1O. The fourth-order valence-electron chi connectivity index (χ4n) is 4.82. The minimum Gasteiger partial charge on any atom is -0.390 e. The number of hydrogen-bond donors (Lipinski definition) is 1. The average molecular weight is 354 g/mol. The Morgan fingerprint density at radius 2 is 1.92 bits per heavy atom. The fraction of sp³-hybridized carbons (Fsp3) is 0.500. The molecule has 1 amide bonds. The predicted molar refractivity (Wildman–Crippen MR) is 98.9 cm³/mol. The summed E-state index contributed by atoms with van der Waals surface area (Å²) >= 11 is 0. The van der Waals surface area contributed by atoms with Gasteiger partial charge in [-0.2, -0.15) is 5.10 Å². The van der Waals surface area contributed by atoms with Gasteiger partial charge in [-0.3, -0.25) is 9.48 Å². The summed E-state index contributed by atoms with van der Waals surface area (Å²) in [6, 6.07) is 10.1. The molecule has 2 atom stereocenters. The van der Waals surface area contributed by atoms with Crippen LogP contribution in [-0.4, -0.2) is 63.9 Å². The number of aliphatic hydroxyl groups excluding tert-OH is 1. The van der Waals surface area contributed by atoms with Crippen LogP contribution in [0.3, 0.4) is 0 Å². The standard InChI is InChI=1S/C20H26N4O2/c1-22(2)17-14-6-4-5-7-15(14)20(18(17)25)9-12-24(13-10-20)19(26)16-8-11-21-23(16)3/h4-8,11,17-18,25H,9-10,12-13H2,1-3H3/t17-,18+/m0/s1. The molecule has 6 heteroatoms. The van der Waals surface area contributed by atoms with Gasteiger partial charge in [0, 0.05) is 31.7 Å². The smallest absolute Gasteiger partial charge is 0.272 e. The molecule has 1 saturated heterocycles. The fourth-order valence-corrected chi connectivity index (χ4v) is 4.82. The Morgan fingerprint density at radius 3 is 2.54 bits per heavy atom. The lowest BCUT2D eigenvalue weighted by Gasteiger charge is -2.43. The van der Waals surface area contributed by atoms with Crippen molar-refractivity contribution in [1.82, 2.24) is 19.6 Å². The Morgan fingerprint density at radius 1 is 1.23 bits per heavy atom. The van der Waals surface area contributed by atoms with Gasteiger partial charge in [-0.15, -0.1) is 0 Å². The molecule has 6 nitrogen and oxygen atoms in total. The number of aromatic nitrogens is 2. The van der Waals surface area contributed by atoms with Crippen LogP contribution in [-0.2, 0) is 12.5 Å². The lowest BCUT2D eigenvalue weighted by molar-refractivity contribution is -0.00162. The number of piperidine rings is 1. The van der Waals surface area contributed by atoms with Gasteiger partial charge >= 0.3 is 0 Å². The maximum Gasteiger partial charge on any atom is 0.272 e. The molecular formula is C20H26N4O2. The van der Waals surface area contributed by atoms with Gasteiger partial charge in [0.05, 0.1) is 12.1 Å². The molecule has 2 aliphatic rings. The monoisotopic (exact) mass is 354 g/mol. The number of rotatable bonds is 2. The van der Waals surface area contributed by atoms with Crippen LogP contribution < -0.4 is 0 Å². The number of carbonyl (C=O) groups excluding carboxylic acids is 1. The molecule has 0 radical (unpaired) electrons. The predicted octanol–water partition coefficient (Wildman–Crippen LogP) is 1.57.